The van der Waals surface area contributed by atoms with Crippen LogP contribution in [0.25, 0.3) is 0 Å². The predicted octanol–water partition coefficient (Wildman–Crippen LogP) is 1.48. The second-order valence-electron chi connectivity index (χ2n) is 7.67. The number of nitrogens with one attached hydrogen (secondary N) is 2. The predicted molar refractivity (Wildman–Crippen MR) is 113 cm³/mol. The van der Waals surface area contributed by atoms with Gasteiger partial charge >= 0.3 is 0 Å². The largest absolute Gasteiger partial charge is 0.491 e. The van der Waals surface area contributed by atoms with Gasteiger partial charge in [0.25, 0.3) is 0 Å². The molecule has 0 radical (unpaired) electrons. The van der Waals surface area contributed by atoms with Gasteiger partial charge in [0.1, 0.15) is 24.3 Å². The maximum absolute atomic E-state index is 12.9. The molecule has 1 fully saturated rings. The lowest BCUT2D eigenvalue weighted by atomic mass is 10.2. The molecule has 1 aliphatic rings. The molecular weight excluding hydrogens is 375 g/mol. The van der Waals surface area contributed by atoms with E-state index in [1.54, 1.807) is 0 Å². The number of aliphatic hydroxyl groups excluding tert-OH is 1. The highest BCUT2D eigenvalue weighted by atomic mass is 19.1. The Hall–Kier alpha value is -1.90. The number of halogens is 1. The van der Waals surface area contributed by atoms with Gasteiger partial charge in [-0.05, 0) is 37.1 Å². The highest BCUT2D eigenvalue weighted by molar-refractivity contribution is 5.79. The average Bonchev–Trinajstić information content (AvgIpc) is 2.69. The zero-order valence-corrected chi connectivity index (χ0v) is 17.7. The normalized spacial score (nSPS) is 19.2. The SMILES string of the molecule is CCNC(=NCC(O)COc1ccc(F)cc1)NCC1CN(CC(C)C)CCO1. The van der Waals surface area contributed by atoms with E-state index in [9.17, 15) is 9.50 Å². The fourth-order valence-electron chi connectivity index (χ4n) is 3.11. The number of nitrogens with zero attached hydrogens (tertiary/aromatic N) is 2. The summed E-state index contributed by atoms with van der Waals surface area (Å²) in [6.07, 6.45) is -0.652. The summed E-state index contributed by atoms with van der Waals surface area (Å²) in [5.74, 6) is 1.47. The van der Waals surface area contributed by atoms with Gasteiger partial charge < -0.3 is 25.2 Å². The van der Waals surface area contributed by atoms with Crippen LogP contribution in [0, 0.1) is 11.7 Å². The van der Waals surface area contributed by atoms with Crippen molar-refractivity contribution in [3.05, 3.63) is 30.1 Å². The van der Waals surface area contributed by atoms with Crippen LogP contribution in [0.3, 0.4) is 0 Å². The van der Waals surface area contributed by atoms with Crippen molar-refractivity contribution in [3.63, 3.8) is 0 Å². The Labute approximate surface area is 173 Å². The average molecular weight is 411 g/mol. The molecule has 1 aromatic carbocycles. The van der Waals surface area contributed by atoms with Gasteiger partial charge in [-0.25, -0.2) is 4.39 Å². The van der Waals surface area contributed by atoms with Crippen LogP contribution in [0.2, 0.25) is 0 Å². The Balaban J connectivity index is 1.75. The Morgan fingerprint density at radius 1 is 1.34 bits per heavy atom. The molecule has 2 rings (SSSR count). The molecule has 0 aromatic heterocycles. The fraction of sp³-hybridized carbons (Fsp3) is 0.667. The second-order valence-corrected chi connectivity index (χ2v) is 7.67. The Kier molecular flexibility index (Phi) is 10.2. The minimum Gasteiger partial charge on any atom is -0.491 e. The van der Waals surface area contributed by atoms with E-state index >= 15 is 0 Å². The molecule has 164 valence electrons. The summed E-state index contributed by atoms with van der Waals surface area (Å²) in [4.78, 5) is 6.86. The number of benzene rings is 1. The van der Waals surface area contributed by atoms with Gasteiger partial charge in [0.15, 0.2) is 5.96 Å². The zero-order chi connectivity index (χ0) is 21.1. The van der Waals surface area contributed by atoms with Crippen molar-refractivity contribution < 1.29 is 19.0 Å². The number of morpholine rings is 1. The first-order valence-corrected chi connectivity index (χ1v) is 10.4. The quantitative estimate of drug-likeness (QED) is 0.401. The molecule has 3 N–H and O–H groups in total. The van der Waals surface area contributed by atoms with Gasteiger partial charge in [-0.2, -0.15) is 0 Å². The number of rotatable bonds is 10. The van der Waals surface area contributed by atoms with E-state index in [1.165, 1.54) is 24.3 Å². The monoisotopic (exact) mass is 410 g/mol. The number of aliphatic imine (C=N–C) groups is 1. The smallest absolute Gasteiger partial charge is 0.191 e. The van der Waals surface area contributed by atoms with E-state index in [0.29, 0.717) is 24.2 Å². The molecule has 1 aromatic rings. The first-order chi connectivity index (χ1) is 14.0. The Morgan fingerprint density at radius 2 is 2.10 bits per heavy atom. The molecule has 0 aliphatic carbocycles. The molecule has 2 atom stereocenters. The highest BCUT2D eigenvalue weighted by Crippen LogP contribution is 2.11. The van der Waals surface area contributed by atoms with Gasteiger partial charge in [0.05, 0.1) is 19.3 Å². The zero-order valence-electron chi connectivity index (χ0n) is 17.7. The summed E-state index contributed by atoms with van der Waals surface area (Å²) >= 11 is 0. The number of hydrogen-bond donors (Lipinski definition) is 3. The van der Waals surface area contributed by atoms with Crippen molar-refractivity contribution in [3.8, 4) is 5.75 Å². The van der Waals surface area contributed by atoms with E-state index in [0.717, 1.165) is 32.8 Å². The fourth-order valence-corrected chi connectivity index (χ4v) is 3.11. The molecule has 0 bridgehead atoms. The van der Waals surface area contributed by atoms with Crippen LogP contribution in [0.1, 0.15) is 20.8 Å². The van der Waals surface area contributed by atoms with Crippen LogP contribution in [0.4, 0.5) is 4.39 Å². The van der Waals surface area contributed by atoms with Crippen molar-refractivity contribution in [2.45, 2.75) is 33.0 Å². The topological polar surface area (TPSA) is 78.4 Å². The lowest BCUT2D eigenvalue weighted by Gasteiger charge is -2.34. The molecule has 0 saturated carbocycles. The van der Waals surface area contributed by atoms with Crippen LogP contribution in [0.5, 0.6) is 5.75 Å². The van der Waals surface area contributed by atoms with Crippen LogP contribution in [0.15, 0.2) is 29.3 Å². The molecule has 0 spiro atoms. The van der Waals surface area contributed by atoms with Crippen molar-refractivity contribution in [1.82, 2.24) is 15.5 Å². The maximum Gasteiger partial charge on any atom is 0.191 e. The molecule has 1 aliphatic heterocycles. The molecule has 29 heavy (non-hydrogen) atoms. The molecule has 0 amide bonds. The number of guanidine groups is 1. The maximum atomic E-state index is 12.9. The van der Waals surface area contributed by atoms with Crippen LogP contribution in [-0.4, -0.2) is 80.7 Å². The van der Waals surface area contributed by atoms with Gasteiger partial charge in [-0.15, -0.1) is 0 Å². The first-order valence-electron chi connectivity index (χ1n) is 10.4. The van der Waals surface area contributed by atoms with Crippen LogP contribution < -0.4 is 15.4 Å². The third kappa shape index (κ3) is 9.43. The second kappa shape index (κ2) is 12.6. The molecule has 8 heteroatoms. The van der Waals surface area contributed by atoms with Gasteiger partial charge in [-0.1, -0.05) is 13.8 Å². The lowest BCUT2D eigenvalue weighted by molar-refractivity contribution is -0.0284. The Morgan fingerprint density at radius 3 is 2.79 bits per heavy atom. The summed E-state index contributed by atoms with van der Waals surface area (Å²) in [7, 11) is 0. The first kappa shape index (κ1) is 23.4. The number of hydrogen-bond acceptors (Lipinski definition) is 5. The van der Waals surface area contributed by atoms with Gasteiger partial charge in [-0.3, -0.25) is 9.89 Å². The summed E-state index contributed by atoms with van der Waals surface area (Å²) in [5, 5.41) is 16.6. The van der Waals surface area contributed by atoms with Crippen LogP contribution in [-0.2, 0) is 4.74 Å². The van der Waals surface area contributed by atoms with E-state index in [2.05, 4.69) is 34.4 Å². The van der Waals surface area contributed by atoms with E-state index in [4.69, 9.17) is 9.47 Å². The van der Waals surface area contributed by atoms with Gasteiger partial charge in [0, 0.05) is 32.7 Å². The molecular formula is C21H35FN4O3. The molecule has 1 heterocycles. The van der Waals surface area contributed by atoms with Crippen molar-refractivity contribution in [2.75, 3.05) is 52.5 Å². The van der Waals surface area contributed by atoms with Crippen molar-refractivity contribution >= 4 is 5.96 Å². The van der Waals surface area contributed by atoms with Crippen molar-refractivity contribution in [2.24, 2.45) is 10.9 Å². The van der Waals surface area contributed by atoms with Gasteiger partial charge in [0.2, 0.25) is 0 Å². The molecule has 1 saturated heterocycles. The highest BCUT2D eigenvalue weighted by Gasteiger charge is 2.21. The summed E-state index contributed by atoms with van der Waals surface area (Å²) < 4.78 is 24.2. The molecule has 2 unspecified atom stereocenters. The number of ether oxygens (including phenoxy) is 2. The third-order valence-electron chi connectivity index (χ3n) is 4.40. The standard InChI is InChI=1S/C21H35FN4O3/c1-4-23-21(25-12-20-14-26(9-10-28-20)13-16(2)3)24-11-18(27)15-29-19-7-5-17(22)6-8-19/h5-8,16,18,20,27H,4,9-15H2,1-3H3,(H2,23,24,25). The summed E-state index contributed by atoms with van der Waals surface area (Å²) in [6, 6.07) is 5.71. The molecule has 7 nitrogen and oxygen atoms in total. The minimum absolute atomic E-state index is 0.0877. The summed E-state index contributed by atoms with van der Waals surface area (Å²) in [5.41, 5.74) is 0. The third-order valence-corrected chi connectivity index (χ3v) is 4.40. The van der Waals surface area contributed by atoms with E-state index in [-0.39, 0.29) is 25.1 Å². The van der Waals surface area contributed by atoms with E-state index < -0.39 is 6.10 Å². The summed E-state index contributed by atoms with van der Waals surface area (Å²) in [6.45, 7) is 11.8. The Bertz CT molecular complexity index is 612. The van der Waals surface area contributed by atoms with Crippen molar-refractivity contribution in [1.29, 1.82) is 0 Å². The minimum atomic E-state index is -0.761. The lowest BCUT2D eigenvalue weighted by Crippen LogP contribution is -2.50. The van der Waals surface area contributed by atoms with E-state index in [1.807, 2.05) is 6.92 Å². The number of aliphatic hydroxyl groups is 1. The van der Waals surface area contributed by atoms with Crippen LogP contribution >= 0.6 is 0 Å².